The van der Waals surface area contributed by atoms with Crippen molar-refractivity contribution in [3.63, 3.8) is 0 Å². The molecular weight excluding hydrogens is 198 g/mol. The van der Waals surface area contributed by atoms with Crippen LogP contribution in [-0.4, -0.2) is 24.8 Å². The largest absolute Gasteiger partial charge is 0.378 e. The average Bonchev–Trinajstić information content (AvgIpc) is 2.29. The summed E-state index contributed by atoms with van der Waals surface area (Å²) in [4.78, 5) is 0. The fourth-order valence-electron chi connectivity index (χ4n) is 3.21. The highest BCUT2D eigenvalue weighted by Crippen LogP contribution is 2.43. The van der Waals surface area contributed by atoms with Crippen molar-refractivity contribution in [3.8, 4) is 0 Å². The molecule has 0 heterocycles. The third-order valence-corrected chi connectivity index (χ3v) is 4.59. The van der Waals surface area contributed by atoms with Crippen molar-refractivity contribution in [1.82, 2.24) is 5.32 Å². The summed E-state index contributed by atoms with van der Waals surface area (Å²) in [5, 5.41) is 3.85. The van der Waals surface area contributed by atoms with Crippen molar-refractivity contribution in [1.29, 1.82) is 0 Å². The first kappa shape index (κ1) is 12.4. The van der Waals surface area contributed by atoms with Crippen molar-refractivity contribution in [3.05, 3.63) is 0 Å². The Morgan fingerprint density at radius 1 is 1.19 bits per heavy atom. The van der Waals surface area contributed by atoms with E-state index in [1.54, 1.807) is 0 Å². The van der Waals surface area contributed by atoms with E-state index in [9.17, 15) is 0 Å². The van der Waals surface area contributed by atoms with Crippen LogP contribution in [0, 0.1) is 5.41 Å². The lowest BCUT2D eigenvalue weighted by Crippen LogP contribution is -2.62. The molecule has 2 aliphatic rings. The minimum atomic E-state index is 0.327. The van der Waals surface area contributed by atoms with Gasteiger partial charge in [-0.1, -0.05) is 33.1 Å². The van der Waals surface area contributed by atoms with Gasteiger partial charge in [0.2, 0.25) is 0 Å². The minimum Gasteiger partial charge on any atom is -0.378 e. The van der Waals surface area contributed by atoms with Gasteiger partial charge in [0.15, 0.2) is 0 Å². The van der Waals surface area contributed by atoms with Crippen LogP contribution in [0.2, 0.25) is 0 Å². The van der Waals surface area contributed by atoms with E-state index in [4.69, 9.17) is 4.74 Å². The molecule has 0 radical (unpaired) electrons. The highest BCUT2D eigenvalue weighted by molar-refractivity contribution is 5.03. The number of rotatable bonds is 4. The Morgan fingerprint density at radius 2 is 1.88 bits per heavy atom. The number of hydrogen-bond donors (Lipinski definition) is 1. The van der Waals surface area contributed by atoms with Gasteiger partial charge in [0, 0.05) is 24.1 Å². The van der Waals surface area contributed by atoms with E-state index < -0.39 is 0 Å². The van der Waals surface area contributed by atoms with Gasteiger partial charge in [-0.15, -0.1) is 0 Å². The maximum atomic E-state index is 5.77. The van der Waals surface area contributed by atoms with Crippen LogP contribution in [0.3, 0.4) is 0 Å². The lowest BCUT2D eigenvalue weighted by Gasteiger charge is -2.53. The molecule has 0 aromatic rings. The Morgan fingerprint density at radius 3 is 2.44 bits per heavy atom. The van der Waals surface area contributed by atoms with Gasteiger partial charge in [0.1, 0.15) is 0 Å². The Labute approximate surface area is 100 Å². The molecule has 0 aliphatic heterocycles. The van der Waals surface area contributed by atoms with Gasteiger partial charge in [0.25, 0.3) is 0 Å². The lowest BCUT2D eigenvalue weighted by molar-refractivity contribution is -0.117. The van der Waals surface area contributed by atoms with Crippen LogP contribution in [0.5, 0.6) is 0 Å². The lowest BCUT2D eigenvalue weighted by atomic mass is 9.64. The molecule has 0 spiro atoms. The topological polar surface area (TPSA) is 21.3 Å². The van der Waals surface area contributed by atoms with Crippen molar-refractivity contribution < 1.29 is 4.74 Å². The monoisotopic (exact) mass is 225 g/mol. The van der Waals surface area contributed by atoms with Crippen LogP contribution in [-0.2, 0) is 4.74 Å². The zero-order valence-electron chi connectivity index (χ0n) is 11.1. The second kappa shape index (κ2) is 5.05. The molecule has 2 saturated carbocycles. The molecule has 2 fully saturated rings. The first-order valence-corrected chi connectivity index (χ1v) is 7.02. The summed E-state index contributed by atoms with van der Waals surface area (Å²) in [6, 6.07) is 1.45. The van der Waals surface area contributed by atoms with Crippen molar-refractivity contribution >= 4 is 0 Å². The first-order chi connectivity index (χ1) is 7.64. The summed E-state index contributed by atoms with van der Waals surface area (Å²) in [5.41, 5.74) is 0.327. The Hall–Kier alpha value is -0.0800. The Balaban J connectivity index is 1.79. The summed E-state index contributed by atoms with van der Waals surface area (Å²) < 4.78 is 5.77. The molecule has 2 nitrogen and oxygen atoms in total. The predicted molar refractivity (Wildman–Crippen MR) is 67.6 cm³/mol. The smallest absolute Gasteiger partial charge is 0.0655 e. The van der Waals surface area contributed by atoms with Gasteiger partial charge < -0.3 is 10.1 Å². The van der Waals surface area contributed by atoms with E-state index in [-0.39, 0.29) is 0 Å². The SMILES string of the molecule is CCOC1CC(NC2CCCCC2)C1(C)C. The van der Waals surface area contributed by atoms with Crippen LogP contribution in [0.25, 0.3) is 0 Å². The number of hydrogen-bond acceptors (Lipinski definition) is 2. The van der Waals surface area contributed by atoms with E-state index >= 15 is 0 Å². The van der Waals surface area contributed by atoms with E-state index in [0.717, 1.165) is 12.6 Å². The normalized spacial score (nSPS) is 34.7. The Kier molecular flexibility index (Phi) is 3.91. The van der Waals surface area contributed by atoms with E-state index in [2.05, 4.69) is 26.1 Å². The maximum absolute atomic E-state index is 5.77. The van der Waals surface area contributed by atoms with Crippen molar-refractivity contribution in [2.75, 3.05) is 6.61 Å². The predicted octanol–water partition coefficient (Wildman–Crippen LogP) is 3.11. The average molecular weight is 225 g/mol. The molecular formula is C14H27NO. The number of ether oxygens (including phenoxy) is 1. The fraction of sp³-hybridized carbons (Fsp3) is 1.00. The van der Waals surface area contributed by atoms with Crippen molar-refractivity contribution in [2.45, 2.75) is 77.5 Å². The Bertz CT molecular complexity index is 221. The molecule has 2 unspecified atom stereocenters. The van der Waals surface area contributed by atoms with Gasteiger partial charge in [-0.2, -0.15) is 0 Å². The van der Waals surface area contributed by atoms with Gasteiger partial charge >= 0.3 is 0 Å². The van der Waals surface area contributed by atoms with E-state index in [1.165, 1.54) is 38.5 Å². The van der Waals surface area contributed by atoms with Gasteiger partial charge in [-0.05, 0) is 26.2 Å². The molecule has 2 heteroatoms. The summed E-state index contributed by atoms with van der Waals surface area (Å²) in [7, 11) is 0. The minimum absolute atomic E-state index is 0.327. The standard InChI is InChI=1S/C14H27NO/c1-4-16-13-10-12(14(13,2)3)15-11-8-6-5-7-9-11/h11-13,15H,4-10H2,1-3H3. The molecule has 2 aliphatic carbocycles. The summed E-state index contributed by atoms with van der Waals surface area (Å²) in [6.45, 7) is 7.64. The summed E-state index contributed by atoms with van der Waals surface area (Å²) >= 11 is 0. The van der Waals surface area contributed by atoms with Crippen LogP contribution in [0.15, 0.2) is 0 Å². The maximum Gasteiger partial charge on any atom is 0.0655 e. The van der Waals surface area contributed by atoms with Crippen molar-refractivity contribution in [2.24, 2.45) is 5.41 Å². The summed E-state index contributed by atoms with van der Waals surface area (Å²) in [6.07, 6.45) is 8.71. The molecule has 2 rings (SSSR count). The highest BCUT2D eigenvalue weighted by atomic mass is 16.5. The molecule has 0 aromatic heterocycles. The van der Waals surface area contributed by atoms with Crippen LogP contribution in [0.1, 0.15) is 59.3 Å². The van der Waals surface area contributed by atoms with Gasteiger partial charge in [-0.3, -0.25) is 0 Å². The molecule has 0 amide bonds. The molecule has 0 aromatic carbocycles. The summed E-state index contributed by atoms with van der Waals surface area (Å²) in [5.74, 6) is 0. The van der Waals surface area contributed by atoms with E-state index in [1.807, 2.05) is 0 Å². The first-order valence-electron chi connectivity index (χ1n) is 7.02. The fourth-order valence-corrected chi connectivity index (χ4v) is 3.21. The second-order valence-corrected chi connectivity index (χ2v) is 6.06. The number of nitrogens with one attached hydrogen (secondary N) is 1. The molecule has 1 N–H and O–H groups in total. The molecule has 0 saturated heterocycles. The molecule has 16 heavy (non-hydrogen) atoms. The second-order valence-electron chi connectivity index (χ2n) is 6.06. The third-order valence-electron chi connectivity index (χ3n) is 4.59. The van der Waals surface area contributed by atoms with Crippen LogP contribution >= 0.6 is 0 Å². The van der Waals surface area contributed by atoms with Gasteiger partial charge in [-0.25, -0.2) is 0 Å². The zero-order chi connectivity index (χ0) is 11.6. The van der Waals surface area contributed by atoms with Gasteiger partial charge in [0.05, 0.1) is 6.10 Å². The molecule has 2 atom stereocenters. The van der Waals surface area contributed by atoms with Crippen LogP contribution in [0.4, 0.5) is 0 Å². The zero-order valence-corrected chi connectivity index (χ0v) is 11.1. The van der Waals surface area contributed by atoms with E-state index in [0.29, 0.717) is 17.6 Å². The molecule has 0 bridgehead atoms. The van der Waals surface area contributed by atoms with Crippen LogP contribution < -0.4 is 5.32 Å². The third kappa shape index (κ3) is 2.43. The molecule has 94 valence electrons. The highest BCUT2D eigenvalue weighted by Gasteiger charge is 2.49. The quantitative estimate of drug-likeness (QED) is 0.794.